The first-order valence-corrected chi connectivity index (χ1v) is 20.2. The minimum absolute atomic E-state index is 0.0135. The average molecular weight is 812 g/mol. The van der Waals surface area contributed by atoms with Gasteiger partial charge >= 0.3 is 5.97 Å². The molecule has 1 saturated carbocycles. The highest BCUT2D eigenvalue weighted by Crippen LogP contribution is 2.40. The van der Waals surface area contributed by atoms with Gasteiger partial charge in [0.15, 0.2) is 11.9 Å². The molecule has 318 valence electrons. The molecule has 5 amide bonds. The van der Waals surface area contributed by atoms with Gasteiger partial charge < -0.3 is 65.7 Å². The maximum absolute atomic E-state index is 14.2. The molecule has 1 saturated heterocycles. The fourth-order valence-corrected chi connectivity index (χ4v) is 7.39. The molecule has 0 aromatic heterocycles. The Morgan fingerprint density at radius 1 is 0.768 bits per heavy atom. The van der Waals surface area contributed by atoms with Crippen molar-refractivity contribution in [3.05, 3.63) is 0 Å². The fourth-order valence-electron chi connectivity index (χ4n) is 7.18. The van der Waals surface area contributed by atoms with Gasteiger partial charge in [-0.3, -0.25) is 34.0 Å². The number of carbonyl (C=O) groups excluding carboxylic acids is 5. The predicted octanol–water partition coefficient (Wildman–Crippen LogP) is -2.54. The van der Waals surface area contributed by atoms with Crippen molar-refractivity contribution in [2.45, 2.75) is 133 Å². The van der Waals surface area contributed by atoms with Crippen LogP contribution in [0, 0.1) is 5.92 Å². The number of hydrogen-bond acceptors (Lipinski definition) is 11. The second-order valence-electron chi connectivity index (χ2n) is 14.4. The Labute approximate surface area is 334 Å². The first-order valence-electron chi connectivity index (χ1n) is 19.6. The number of likely N-dealkylation sites (tertiary alicyclic amines) is 1. The van der Waals surface area contributed by atoms with Crippen LogP contribution in [-0.2, 0) is 28.8 Å². The summed E-state index contributed by atoms with van der Waals surface area (Å²) < 4.78 is 0. The summed E-state index contributed by atoms with van der Waals surface area (Å²) in [6, 6.07) is -5.11. The van der Waals surface area contributed by atoms with Crippen molar-refractivity contribution in [1.29, 1.82) is 0 Å². The van der Waals surface area contributed by atoms with E-state index in [1.54, 1.807) is 0 Å². The number of fused-ring (bicyclic) bond motifs is 1. The summed E-state index contributed by atoms with van der Waals surface area (Å²) in [5.41, 5.74) is 33.5. The lowest BCUT2D eigenvalue weighted by atomic mass is 9.84. The highest BCUT2D eigenvalue weighted by Gasteiger charge is 2.49. The summed E-state index contributed by atoms with van der Waals surface area (Å²) in [5, 5.41) is 20.8. The molecule has 21 heteroatoms. The lowest BCUT2D eigenvalue weighted by molar-refractivity contribution is -0.146. The molecule has 17 N–H and O–H groups in total. The van der Waals surface area contributed by atoms with Crippen molar-refractivity contribution in [2.24, 2.45) is 50.3 Å². The Morgan fingerprint density at radius 2 is 1.41 bits per heavy atom. The van der Waals surface area contributed by atoms with E-state index in [9.17, 15) is 33.9 Å². The number of carbonyl (C=O) groups is 6. The lowest BCUT2D eigenvalue weighted by Gasteiger charge is -2.36. The molecule has 56 heavy (non-hydrogen) atoms. The average Bonchev–Trinajstić information content (AvgIpc) is 3.54. The summed E-state index contributed by atoms with van der Waals surface area (Å²) in [4.78, 5) is 87.6. The van der Waals surface area contributed by atoms with Crippen molar-refractivity contribution in [3.63, 3.8) is 0 Å². The Balaban J connectivity index is 1.98. The van der Waals surface area contributed by atoms with E-state index in [4.69, 9.17) is 34.4 Å². The van der Waals surface area contributed by atoms with E-state index in [-0.39, 0.29) is 81.0 Å². The number of hydrogen-bond donors (Lipinski definition) is 12. The van der Waals surface area contributed by atoms with Crippen molar-refractivity contribution in [1.82, 2.24) is 26.2 Å². The van der Waals surface area contributed by atoms with Gasteiger partial charge in [0, 0.05) is 32.1 Å². The Kier molecular flexibility index (Phi) is 21.9. The molecule has 7 atom stereocenters. The van der Waals surface area contributed by atoms with Crippen LogP contribution in [0.2, 0.25) is 0 Å². The predicted molar refractivity (Wildman–Crippen MR) is 216 cm³/mol. The third kappa shape index (κ3) is 16.8. The van der Waals surface area contributed by atoms with Crippen molar-refractivity contribution >= 4 is 60.1 Å². The summed E-state index contributed by atoms with van der Waals surface area (Å²) in [5.74, 6) is -3.15. The monoisotopic (exact) mass is 811 g/mol. The lowest BCUT2D eigenvalue weighted by Crippen LogP contribution is -2.59. The number of thiol groups is 1. The molecular formula is C35H65N13O7S. The highest BCUT2D eigenvalue weighted by atomic mass is 32.1. The zero-order chi connectivity index (χ0) is 41.6. The number of carboxylic acid groups (broad SMARTS) is 1. The minimum atomic E-state index is -1.22. The topological polar surface area (TPSA) is 355 Å². The van der Waals surface area contributed by atoms with E-state index in [0.29, 0.717) is 63.7 Å². The van der Waals surface area contributed by atoms with Gasteiger partial charge in [0.1, 0.15) is 24.2 Å². The molecule has 0 aromatic rings. The van der Waals surface area contributed by atoms with E-state index in [1.165, 1.54) is 4.90 Å². The fraction of sp³-hybridized carbons (Fsp3) is 0.771. The van der Waals surface area contributed by atoms with E-state index in [2.05, 4.69) is 43.9 Å². The van der Waals surface area contributed by atoms with Gasteiger partial charge in [0.25, 0.3) is 0 Å². The number of aliphatic imine (C=N–C) groups is 2. The molecule has 0 bridgehead atoms. The standard InChI is InChI=1S/C35H65N13O7S/c36-15-13-24(32(53)48-26-12-2-1-8-21(26)20-27(48)31(52)47-25(33(54)55)11-7-18-44-35(40)41)46-29(50)22(37)9-3-5-16-42-30(51)23(45-28(49)14-19-56)10-4-6-17-43-34(38)39/h21-27,56H,1-20,36-37H2,(H,42,51)(H,45,49)(H,46,50)(H,47,52)(H,54,55)(H4,38,39,43)(H4,40,41,44)/t21?,22-,23-,24-,25-,26?,27-/m0/s1. The number of nitrogens with one attached hydrogen (secondary N) is 4. The molecule has 1 heterocycles. The summed E-state index contributed by atoms with van der Waals surface area (Å²) in [6.07, 6.45) is 7.26. The van der Waals surface area contributed by atoms with Crippen LogP contribution in [-0.4, -0.2) is 126 Å². The van der Waals surface area contributed by atoms with E-state index >= 15 is 0 Å². The molecule has 2 unspecified atom stereocenters. The number of nitrogens with zero attached hydrogens (tertiary/aromatic N) is 3. The molecule has 0 aromatic carbocycles. The third-order valence-corrected chi connectivity index (χ3v) is 10.3. The second-order valence-corrected chi connectivity index (χ2v) is 14.8. The quantitative estimate of drug-likeness (QED) is 0.0186. The molecule has 0 radical (unpaired) electrons. The molecule has 0 spiro atoms. The van der Waals surface area contributed by atoms with Crippen LogP contribution < -0.4 is 55.7 Å². The number of nitrogens with two attached hydrogens (primary N) is 6. The van der Waals surface area contributed by atoms with Gasteiger partial charge in [0.2, 0.25) is 29.5 Å². The number of guanidine groups is 2. The Bertz CT molecular complexity index is 1360. The SMILES string of the molecule is NCC[C@H](NC(=O)[C@@H](N)CCCCNC(=O)[C@H](CCCCN=C(N)N)NC(=O)CCS)C(=O)N1C2CCCCC2C[C@H]1C(=O)N[C@@H](CCCN=C(N)N)C(=O)O. The van der Waals surface area contributed by atoms with E-state index < -0.39 is 53.9 Å². The number of rotatable bonds is 26. The maximum atomic E-state index is 14.2. The van der Waals surface area contributed by atoms with Gasteiger partial charge in [0.05, 0.1) is 6.04 Å². The van der Waals surface area contributed by atoms with Gasteiger partial charge in [-0.25, -0.2) is 4.79 Å². The van der Waals surface area contributed by atoms with Crippen molar-refractivity contribution in [3.8, 4) is 0 Å². The minimum Gasteiger partial charge on any atom is -0.480 e. The summed E-state index contributed by atoms with van der Waals surface area (Å²) >= 11 is 4.08. The molecule has 20 nitrogen and oxygen atoms in total. The third-order valence-electron chi connectivity index (χ3n) is 10.0. The van der Waals surface area contributed by atoms with Gasteiger partial charge in [-0.15, -0.1) is 0 Å². The smallest absolute Gasteiger partial charge is 0.326 e. The molecule has 2 rings (SSSR count). The van der Waals surface area contributed by atoms with Crippen LogP contribution >= 0.6 is 12.6 Å². The molecule has 1 aliphatic carbocycles. The van der Waals surface area contributed by atoms with Crippen molar-refractivity contribution in [2.75, 3.05) is 31.9 Å². The Hall–Kier alpha value is -4.37. The maximum Gasteiger partial charge on any atom is 0.326 e. The van der Waals surface area contributed by atoms with Crippen LogP contribution in [0.3, 0.4) is 0 Å². The van der Waals surface area contributed by atoms with Gasteiger partial charge in [-0.2, -0.15) is 12.6 Å². The molecule has 2 aliphatic rings. The second kappa shape index (κ2) is 25.7. The number of amides is 5. The Morgan fingerprint density at radius 3 is 2.05 bits per heavy atom. The first-order chi connectivity index (χ1) is 26.7. The highest BCUT2D eigenvalue weighted by molar-refractivity contribution is 7.80. The molecule has 2 fully saturated rings. The largest absolute Gasteiger partial charge is 0.480 e. The number of aliphatic carboxylic acids is 1. The van der Waals surface area contributed by atoms with Crippen LogP contribution in [0.1, 0.15) is 96.3 Å². The van der Waals surface area contributed by atoms with Crippen LogP contribution in [0.5, 0.6) is 0 Å². The van der Waals surface area contributed by atoms with Crippen LogP contribution in [0.4, 0.5) is 0 Å². The summed E-state index contributed by atoms with van der Waals surface area (Å²) in [6.45, 7) is 0.969. The van der Waals surface area contributed by atoms with Gasteiger partial charge in [-0.1, -0.05) is 12.8 Å². The summed E-state index contributed by atoms with van der Waals surface area (Å²) in [7, 11) is 0. The molecule has 1 aliphatic heterocycles. The van der Waals surface area contributed by atoms with Crippen LogP contribution in [0.25, 0.3) is 0 Å². The van der Waals surface area contributed by atoms with E-state index in [0.717, 1.165) is 19.3 Å². The normalized spacial score (nSPS) is 19.6. The van der Waals surface area contributed by atoms with Crippen LogP contribution in [0.15, 0.2) is 9.98 Å². The molecular weight excluding hydrogens is 747 g/mol. The van der Waals surface area contributed by atoms with E-state index in [1.807, 2.05) is 0 Å². The van der Waals surface area contributed by atoms with Gasteiger partial charge in [-0.05, 0) is 95.3 Å². The number of carboxylic acids is 1. The zero-order valence-electron chi connectivity index (χ0n) is 32.3. The number of unbranched alkanes of at least 4 members (excludes halogenated alkanes) is 2. The first kappa shape index (κ1) is 47.8. The zero-order valence-corrected chi connectivity index (χ0v) is 33.2. The van der Waals surface area contributed by atoms with Crippen molar-refractivity contribution < 1.29 is 33.9 Å².